The molecule has 1 fully saturated rings. The van der Waals surface area contributed by atoms with Crippen molar-refractivity contribution in [1.82, 2.24) is 0 Å². The molecule has 0 aromatic heterocycles. The van der Waals surface area contributed by atoms with Gasteiger partial charge in [0.1, 0.15) is 0 Å². The van der Waals surface area contributed by atoms with Crippen molar-refractivity contribution < 1.29 is 13.6 Å². The lowest BCUT2D eigenvalue weighted by Crippen LogP contribution is -2.17. The molecule has 98 valence electrons. The summed E-state index contributed by atoms with van der Waals surface area (Å²) >= 11 is 0. The Hall–Kier alpha value is -1.45. The van der Waals surface area contributed by atoms with E-state index in [1.54, 1.807) is 6.92 Å². The van der Waals surface area contributed by atoms with Crippen LogP contribution < -0.4 is 5.32 Å². The van der Waals surface area contributed by atoms with Gasteiger partial charge in [0.25, 0.3) is 0 Å². The number of amides is 1. The molecular weight excluding hydrogens is 236 g/mol. The molecule has 1 aromatic rings. The van der Waals surface area contributed by atoms with Gasteiger partial charge in [0, 0.05) is 17.7 Å². The lowest BCUT2D eigenvalue weighted by molar-refractivity contribution is -0.118. The highest BCUT2D eigenvalue weighted by Crippen LogP contribution is 2.58. The monoisotopic (exact) mass is 253 g/mol. The van der Waals surface area contributed by atoms with E-state index in [1.807, 2.05) is 20.8 Å². The van der Waals surface area contributed by atoms with Crippen molar-refractivity contribution in [2.24, 2.45) is 17.3 Å². The van der Waals surface area contributed by atoms with Gasteiger partial charge in [0.2, 0.25) is 5.91 Å². The van der Waals surface area contributed by atoms with Crippen molar-refractivity contribution in [3.05, 3.63) is 29.3 Å². The van der Waals surface area contributed by atoms with Crippen LogP contribution in [0.3, 0.4) is 0 Å². The number of aryl methyl sites for hydroxylation is 1. The molecule has 0 radical (unpaired) electrons. The minimum absolute atomic E-state index is 0.0173. The van der Waals surface area contributed by atoms with E-state index in [9.17, 15) is 13.6 Å². The molecule has 0 spiro atoms. The average Bonchev–Trinajstić information content (AvgIpc) is 2.74. The summed E-state index contributed by atoms with van der Waals surface area (Å²) in [4.78, 5) is 12.0. The third-order valence-corrected chi connectivity index (χ3v) is 4.17. The molecule has 18 heavy (non-hydrogen) atoms. The largest absolute Gasteiger partial charge is 0.325 e. The summed E-state index contributed by atoms with van der Waals surface area (Å²) < 4.78 is 26.1. The van der Waals surface area contributed by atoms with Gasteiger partial charge in [-0.05, 0) is 29.9 Å². The van der Waals surface area contributed by atoms with Crippen LogP contribution in [0.1, 0.15) is 26.3 Å². The zero-order valence-electron chi connectivity index (χ0n) is 11.0. The molecule has 0 aliphatic heterocycles. The predicted molar refractivity (Wildman–Crippen MR) is 66.2 cm³/mol. The van der Waals surface area contributed by atoms with Crippen LogP contribution in [0.2, 0.25) is 0 Å². The maximum absolute atomic E-state index is 13.1. The Kier molecular flexibility index (Phi) is 2.92. The van der Waals surface area contributed by atoms with Gasteiger partial charge < -0.3 is 5.32 Å². The smallest absolute Gasteiger partial charge is 0.228 e. The number of nitrogens with one attached hydrogen (secondary N) is 1. The highest BCUT2D eigenvalue weighted by Gasteiger charge is 2.58. The Bertz CT molecular complexity index is 511. The van der Waals surface area contributed by atoms with Crippen LogP contribution in [0, 0.1) is 35.8 Å². The molecule has 1 aliphatic rings. The molecule has 2 atom stereocenters. The fourth-order valence-electron chi connectivity index (χ4n) is 2.45. The maximum Gasteiger partial charge on any atom is 0.228 e. The Morgan fingerprint density at radius 1 is 1.28 bits per heavy atom. The SMILES string of the molecule is Cc1cc(F)c(F)cc1NC(=O)[C@H]1[C@H](C)C1(C)C. The average molecular weight is 253 g/mol. The number of rotatable bonds is 2. The van der Waals surface area contributed by atoms with Gasteiger partial charge in [-0.2, -0.15) is 0 Å². The van der Waals surface area contributed by atoms with Crippen molar-refractivity contribution in [1.29, 1.82) is 0 Å². The Balaban J connectivity index is 2.16. The second-order valence-corrected chi connectivity index (χ2v) is 5.66. The quantitative estimate of drug-likeness (QED) is 0.858. The summed E-state index contributed by atoms with van der Waals surface area (Å²) in [5, 5.41) is 2.68. The van der Waals surface area contributed by atoms with Gasteiger partial charge in [-0.25, -0.2) is 8.78 Å². The van der Waals surface area contributed by atoms with E-state index in [0.717, 1.165) is 12.1 Å². The highest BCUT2D eigenvalue weighted by atomic mass is 19.2. The summed E-state index contributed by atoms with van der Waals surface area (Å²) in [5.41, 5.74) is 0.846. The fourth-order valence-corrected chi connectivity index (χ4v) is 2.45. The molecule has 1 aliphatic carbocycles. The Morgan fingerprint density at radius 3 is 2.28 bits per heavy atom. The maximum atomic E-state index is 13.1. The normalized spacial score (nSPS) is 24.8. The number of benzene rings is 1. The van der Waals surface area contributed by atoms with Crippen molar-refractivity contribution in [2.45, 2.75) is 27.7 Å². The van der Waals surface area contributed by atoms with Gasteiger partial charge in [-0.1, -0.05) is 20.8 Å². The molecule has 0 saturated heterocycles. The topological polar surface area (TPSA) is 29.1 Å². The summed E-state index contributed by atoms with van der Waals surface area (Å²) in [5.74, 6) is -1.72. The summed E-state index contributed by atoms with van der Waals surface area (Å²) in [6, 6.07) is 2.12. The lowest BCUT2D eigenvalue weighted by Gasteiger charge is -2.09. The first-order valence-corrected chi connectivity index (χ1v) is 6.01. The predicted octanol–water partition coefficient (Wildman–Crippen LogP) is 3.50. The second-order valence-electron chi connectivity index (χ2n) is 5.66. The van der Waals surface area contributed by atoms with E-state index in [-0.39, 0.29) is 17.2 Å². The van der Waals surface area contributed by atoms with E-state index in [0.29, 0.717) is 17.2 Å². The van der Waals surface area contributed by atoms with Gasteiger partial charge in [0.15, 0.2) is 11.6 Å². The van der Waals surface area contributed by atoms with E-state index < -0.39 is 11.6 Å². The molecular formula is C14H17F2NO. The highest BCUT2D eigenvalue weighted by molar-refractivity contribution is 5.96. The number of hydrogen-bond donors (Lipinski definition) is 1. The van der Waals surface area contributed by atoms with E-state index in [2.05, 4.69) is 5.32 Å². The summed E-state index contributed by atoms with van der Waals surface area (Å²) in [7, 11) is 0. The lowest BCUT2D eigenvalue weighted by atomic mass is 10.1. The zero-order chi connectivity index (χ0) is 13.7. The zero-order valence-corrected chi connectivity index (χ0v) is 11.0. The summed E-state index contributed by atoms with van der Waals surface area (Å²) in [6.07, 6.45) is 0. The van der Waals surface area contributed by atoms with Crippen LogP contribution in [0.25, 0.3) is 0 Å². The van der Waals surface area contributed by atoms with E-state index >= 15 is 0 Å². The van der Waals surface area contributed by atoms with Gasteiger partial charge in [-0.3, -0.25) is 4.79 Å². The first kappa shape index (κ1) is 13.0. The van der Waals surface area contributed by atoms with E-state index in [1.165, 1.54) is 0 Å². The second kappa shape index (κ2) is 4.04. The Labute approximate surface area is 105 Å². The third kappa shape index (κ3) is 2.00. The molecule has 1 aromatic carbocycles. The van der Waals surface area contributed by atoms with Crippen LogP contribution >= 0.6 is 0 Å². The molecule has 2 rings (SSSR count). The Morgan fingerprint density at radius 2 is 1.78 bits per heavy atom. The van der Waals surface area contributed by atoms with Gasteiger partial charge in [-0.15, -0.1) is 0 Å². The molecule has 0 unspecified atom stereocenters. The number of carbonyl (C=O) groups excluding carboxylic acids is 1. The van der Waals surface area contributed by atoms with Crippen molar-refractivity contribution >= 4 is 11.6 Å². The van der Waals surface area contributed by atoms with E-state index in [4.69, 9.17) is 0 Å². The molecule has 0 heterocycles. The van der Waals surface area contributed by atoms with Crippen LogP contribution in [-0.2, 0) is 4.79 Å². The van der Waals surface area contributed by atoms with Crippen LogP contribution in [0.5, 0.6) is 0 Å². The fraction of sp³-hybridized carbons (Fsp3) is 0.500. The molecule has 2 nitrogen and oxygen atoms in total. The van der Waals surface area contributed by atoms with Crippen LogP contribution in [0.4, 0.5) is 14.5 Å². The van der Waals surface area contributed by atoms with Gasteiger partial charge in [0.05, 0.1) is 0 Å². The number of anilines is 1. The van der Waals surface area contributed by atoms with Gasteiger partial charge >= 0.3 is 0 Å². The van der Waals surface area contributed by atoms with Crippen LogP contribution in [0.15, 0.2) is 12.1 Å². The minimum Gasteiger partial charge on any atom is -0.325 e. The molecule has 4 heteroatoms. The van der Waals surface area contributed by atoms with Crippen molar-refractivity contribution in [2.75, 3.05) is 5.32 Å². The van der Waals surface area contributed by atoms with Crippen LogP contribution in [-0.4, -0.2) is 5.91 Å². The molecule has 1 N–H and O–H groups in total. The third-order valence-electron chi connectivity index (χ3n) is 4.17. The number of halogens is 2. The summed E-state index contributed by atoms with van der Waals surface area (Å²) in [6.45, 7) is 7.71. The molecule has 0 bridgehead atoms. The molecule has 1 amide bonds. The molecule has 1 saturated carbocycles. The number of carbonyl (C=O) groups is 1. The van der Waals surface area contributed by atoms with Crippen molar-refractivity contribution in [3.8, 4) is 0 Å². The first-order valence-electron chi connectivity index (χ1n) is 6.01. The minimum atomic E-state index is -0.945. The standard InChI is InChI=1S/C14H17F2NO/c1-7-5-9(15)10(16)6-11(7)17-13(18)12-8(2)14(12,3)4/h5-6,8,12H,1-4H3,(H,17,18)/t8-,12+/m0/s1. The first-order chi connectivity index (χ1) is 8.25. The van der Waals surface area contributed by atoms with Crippen molar-refractivity contribution in [3.63, 3.8) is 0 Å². The number of hydrogen-bond acceptors (Lipinski definition) is 1.